The molecule has 7 nitrogen and oxygen atoms in total. The minimum Gasteiger partial charge on any atom is -0.325 e. The Morgan fingerprint density at radius 3 is 2.46 bits per heavy atom. The van der Waals surface area contributed by atoms with Gasteiger partial charge in [-0.3, -0.25) is 9.59 Å². The SMILES string of the molecule is CCc1ccc(NC(=O)C(C#N)C(=O)c2cn(Cc3ccccc3)nn2)cc1. The summed E-state index contributed by atoms with van der Waals surface area (Å²) in [5.41, 5.74) is 2.64. The molecule has 3 aromatic rings. The molecule has 1 unspecified atom stereocenters. The molecule has 0 aliphatic heterocycles. The molecule has 3 rings (SSSR count). The highest BCUT2D eigenvalue weighted by molar-refractivity contribution is 6.14. The summed E-state index contributed by atoms with van der Waals surface area (Å²) >= 11 is 0. The standard InChI is InChI=1S/C21H19N5O2/c1-2-15-8-10-17(11-9-15)23-21(28)18(12-22)20(27)19-14-26(25-24-19)13-16-6-4-3-5-7-16/h3-11,14,18H,2,13H2,1H3,(H,23,28). The van der Waals surface area contributed by atoms with Gasteiger partial charge in [-0.05, 0) is 29.7 Å². The van der Waals surface area contributed by atoms with Crippen LogP contribution in [0.2, 0.25) is 0 Å². The van der Waals surface area contributed by atoms with E-state index in [-0.39, 0.29) is 5.69 Å². The summed E-state index contributed by atoms with van der Waals surface area (Å²) in [5, 5.41) is 19.7. The molecule has 0 aliphatic carbocycles. The van der Waals surface area contributed by atoms with Crippen LogP contribution >= 0.6 is 0 Å². The Hall–Kier alpha value is -3.79. The van der Waals surface area contributed by atoms with E-state index in [2.05, 4.69) is 15.6 Å². The van der Waals surface area contributed by atoms with E-state index in [1.165, 1.54) is 10.9 Å². The number of nitrogens with one attached hydrogen (secondary N) is 1. The number of nitrogens with zero attached hydrogens (tertiary/aromatic N) is 4. The van der Waals surface area contributed by atoms with E-state index >= 15 is 0 Å². The van der Waals surface area contributed by atoms with Gasteiger partial charge in [0.25, 0.3) is 0 Å². The summed E-state index contributed by atoms with van der Waals surface area (Å²) in [6, 6.07) is 18.6. The minimum absolute atomic E-state index is 0.0148. The molecule has 0 fully saturated rings. The smallest absolute Gasteiger partial charge is 0.249 e. The molecule has 0 aliphatic rings. The first-order valence-corrected chi connectivity index (χ1v) is 8.88. The Balaban J connectivity index is 1.69. The lowest BCUT2D eigenvalue weighted by Gasteiger charge is -2.08. The molecule has 28 heavy (non-hydrogen) atoms. The monoisotopic (exact) mass is 373 g/mol. The molecule has 0 saturated carbocycles. The van der Waals surface area contributed by atoms with Crippen LogP contribution in [0.15, 0.2) is 60.8 Å². The quantitative estimate of drug-likeness (QED) is 0.507. The summed E-state index contributed by atoms with van der Waals surface area (Å²) in [6.45, 7) is 2.47. The van der Waals surface area contributed by atoms with E-state index in [1.54, 1.807) is 18.2 Å². The van der Waals surface area contributed by atoms with Crippen LogP contribution < -0.4 is 5.32 Å². The van der Waals surface area contributed by atoms with E-state index in [4.69, 9.17) is 0 Å². The normalized spacial score (nSPS) is 11.4. The van der Waals surface area contributed by atoms with Gasteiger partial charge >= 0.3 is 0 Å². The fourth-order valence-corrected chi connectivity index (χ4v) is 2.68. The van der Waals surface area contributed by atoms with Gasteiger partial charge in [-0.15, -0.1) is 5.10 Å². The van der Waals surface area contributed by atoms with Crippen LogP contribution in [0, 0.1) is 17.2 Å². The predicted octanol–water partition coefficient (Wildman–Crippen LogP) is 2.85. The molecule has 7 heteroatoms. The molecule has 1 N–H and O–H groups in total. The average Bonchev–Trinajstić information content (AvgIpc) is 3.18. The molecule has 2 aromatic carbocycles. The number of hydrogen-bond acceptors (Lipinski definition) is 5. The number of aryl methyl sites for hydroxylation is 1. The van der Waals surface area contributed by atoms with Crippen LogP contribution in [-0.4, -0.2) is 26.7 Å². The highest BCUT2D eigenvalue weighted by atomic mass is 16.2. The molecule has 1 amide bonds. The van der Waals surface area contributed by atoms with Crippen molar-refractivity contribution in [2.24, 2.45) is 5.92 Å². The van der Waals surface area contributed by atoms with Gasteiger partial charge in [-0.1, -0.05) is 54.6 Å². The zero-order valence-corrected chi connectivity index (χ0v) is 15.4. The molecular formula is C21H19N5O2. The number of amides is 1. The van der Waals surface area contributed by atoms with E-state index in [0.29, 0.717) is 12.2 Å². The first kappa shape index (κ1) is 19.0. The maximum absolute atomic E-state index is 12.6. The highest BCUT2D eigenvalue weighted by Crippen LogP contribution is 2.14. The Labute approximate surface area is 162 Å². The highest BCUT2D eigenvalue weighted by Gasteiger charge is 2.29. The van der Waals surface area contributed by atoms with Crippen LogP contribution in [0.4, 0.5) is 5.69 Å². The largest absolute Gasteiger partial charge is 0.325 e. The molecule has 1 heterocycles. The second-order valence-corrected chi connectivity index (χ2v) is 6.25. The van der Waals surface area contributed by atoms with Gasteiger partial charge in [-0.2, -0.15) is 5.26 Å². The summed E-state index contributed by atoms with van der Waals surface area (Å²) in [5.74, 6) is -2.86. The molecule has 1 aromatic heterocycles. The topological polar surface area (TPSA) is 101 Å². The Morgan fingerprint density at radius 2 is 1.82 bits per heavy atom. The predicted molar refractivity (Wildman–Crippen MR) is 103 cm³/mol. The second kappa shape index (κ2) is 8.73. The second-order valence-electron chi connectivity index (χ2n) is 6.25. The minimum atomic E-state index is -1.49. The molecule has 0 spiro atoms. The average molecular weight is 373 g/mol. The molecule has 0 bridgehead atoms. The van der Waals surface area contributed by atoms with Crippen molar-refractivity contribution in [1.82, 2.24) is 15.0 Å². The van der Waals surface area contributed by atoms with Gasteiger partial charge in [0, 0.05) is 5.69 Å². The molecule has 140 valence electrons. The fraction of sp³-hybridized carbons (Fsp3) is 0.190. The molecule has 0 saturated heterocycles. The van der Waals surface area contributed by atoms with Crippen molar-refractivity contribution in [3.8, 4) is 6.07 Å². The van der Waals surface area contributed by atoms with E-state index in [1.807, 2.05) is 49.4 Å². The number of ketones is 1. The zero-order valence-electron chi connectivity index (χ0n) is 15.4. The Bertz CT molecular complexity index is 1000. The van der Waals surface area contributed by atoms with E-state index in [9.17, 15) is 14.9 Å². The first-order chi connectivity index (χ1) is 13.6. The van der Waals surface area contributed by atoms with Gasteiger partial charge < -0.3 is 5.32 Å². The Morgan fingerprint density at radius 1 is 1.11 bits per heavy atom. The van der Waals surface area contributed by atoms with Crippen LogP contribution in [0.1, 0.15) is 28.5 Å². The summed E-state index contributed by atoms with van der Waals surface area (Å²) in [4.78, 5) is 25.0. The molecular weight excluding hydrogens is 354 g/mol. The third-order valence-corrected chi connectivity index (χ3v) is 4.26. The number of carbonyl (C=O) groups is 2. The number of rotatable bonds is 7. The third kappa shape index (κ3) is 4.48. The van der Waals surface area contributed by atoms with Gasteiger partial charge in [-0.25, -0.2) is 4.68 Å². The lowest BCUT2D eigenvalue weighted by molar-refractivity contribution is -0.117. The van der Waals surface area contributed by atoms with Gasteiger partial charge in [0.05, 0.1) is 18.8 Å². The summed E-state index contributed by atoms with van der Waals surface area (Å²) in [7, 11) is 0. The Kier molecular flexibility index (Phi) is 5.92. The summed E-state index contributed by atoms with van der Waals surface area (Å²) in [6.07, 6.45) is 2.33. The van der Waals surface area contributed by atoms with Crippen LogP contribution in [0.3, 0.4) is 0 Å². The summed E-state index contributed by atoms with van der Waals surface area (Å²) < 4.78 is 1.50. The van der Waals surface area contributed by atoms with Crippen molar-refractivity contribution in [2.45, 2.75) is 19.9 Å². The van der Waals surface area contributed by atoms with E-state index in [0.717, 1.165) is 17.5 Å². The first-order valence-electron chi connectivity index (χ1n) is 8.88. The van der Waals surface area contributed by atoms with Crippen LogP contribution in [0.5, 0.6) is 0 Å². The van der Waals surface area contributed by atoms with Crippen LogP contribution in [-0.2, 0) is 17.8 Å². The van der Waals surface area contributed by atoms with Gasteiger partial charge in [0.1, 0.15) is 0 Å². The van der Waals surface area contributed by atoms with Gasteiger partial charge in [0.2, 0.25) is 11.7 Å². The number of aromatic nitrogens is 3. The third-order valence-electron chi connectivity index (χ3n) is 4.26. The lowest BCUT2D eigenvalue weighted by Crippen LogP contribution is -2.29. The molecule has 1 atom stereocenters. The molecule has 0 radical (unpaired) electrons. The van der Waals surface area contributed by atoms with Crippen molar-refractivity contribution in [3.05, 3.63) is 77.6 Å². The number of benzene rings is 2. The zero-order chi connectivity index (χ0) is 19.9. The van der Waals surface area contributed by atoms with Crippen molar-refractivity contribution >= 4 is 17.4 Å². The maximum atomic E-state index is 12.6. The van der Waals surface area contributed by atoms with Crippen molar-refractivity contribution in [3.63, 3.8) is 0 Å². The van der Waals surface area contributed by atoms with Crippen LogP contribution in [0.25, 0.3) is 0 Å². The number of hydrogen-bond donors (Lipinski definition) is 1. The van der Waals surface area contributed by atoms with Crippen molar-refractivity contribution < 1.29 is 9.59 Å². The van der Waals surface area contributed by atoms with Gasteiger partial charge in [0.15, 0.2) is 11.6 Å². The number of Topliss-reactive ketones (excluding diaryl/α,β-unsaturated/α-hetero) is 1. The number of nitriles is 1. The van der Waals surface area contributed by atoms with Crippen molar-refractivity contribution in [1.29, 1.82) is 5.26 Å². The fourth-order valence-electron chi connectivity index (χ4n) is 2.68. The lowest BCUT2D eigenvalue weighted by atomic mass is 10.0. The maximum Gasteiger partial charge on any atom is 0.249 e. The number of carbonyl (C=O) groups excluding carboxylic acids is 2. The van der Waals surface area contributed by atoms with Crippen molar-refractivity contribution in [2.75, 3.05) is 5.32 Å². The van der Waals surface area contributed by atoms with E-state index < -0.39 is 17.6 Å². The number of anilines is 1.